The van der Waals surface area contributed by atoms with Crippen molar-refractivity contribution in [2.75, 3.05) is 0 Å². The van der Waals surface area contributed by atoms with Crippen molar-refractivity contribution in [2.24, 2.45) is 4.99 Å². The molecule has 3 heterocycles. The summed E-state index contributed by atoms with van der Waals surface area (Å²) in [6.45, 7) is 22.0. The first kappa shape index (κ1) is 29.4. The number of hydrogen-bond acceptors (Lipinski definition) is 5. The SMILES string of the molecule is CC.CC.CC.CC(C)=O.Cc1sc2c(c1C)C(c1ccccc1)=NCc1nnc(C)n1-2. The van der Waals surface area contributed by atoms with Crippen LogP contribution in [0.1, 0.15) is 88.6 Å². The summed E-state index contributed by atoms with van der Waals surface area (Å²) in [5.74, 6) is 1.99. The number of aryl methyl sites for hydroxylation is 2. The van der Waals surface area contributed by atoms with Gasteiger partial charge in [-0.1, -0.05) is 71.9 Å². The second-order valence-electron chi connectivity index (χ2n) is 6.40. The van der Waals surface area contributed by atoms with Crippen molar-refractivity contribution in [3.05, 3.63) is 63.5 Å². The Bertz CT molecular complexity index is 981. The van der Waals surface area contributed by atoms with Gasteiger partial charge in [-0.05, 0) is 40.2 Å². The monoisotopic (exact) mass is 456 g/mol. The van der Waals surface area contributed by atoms with Gasteiger partial charge in [0.05, 0.1) is 5.71 Å². The van der Waals surface area contributed by atoms with Gasteiger partial charge in [-0.2, -0.15) is 0 Å². The van der Waals surface area contributed by atoms with E-state index in [0.717, 1.165) is 22.9 Å². The Morgan fingerprint density at radius 1 is 0.906 bits per heavy atom. The molecule has 0 unspecified atom stereocenters. The number of ketones is 1. The van der Waals surface area contributed by atoms with Crippen LogP contribution in [0.4, 0.5) is 0 Å². The molecule has 0 radical (unpaired) electrons. The number of aliphatic imine (C=N–C) groups is 1. The van der Waals surface area contributed by atoms with Crippen molar-refractivity contribution in [1.29, 1.82) is 0 Å². The van der Waals surface area contributed by atoms with Crippen LogP contribution in [-0.4, -0.2) is 26.3 Å². The fraction of sp³-hybridized carbons (Fsp3) is 0.462. The lowest BCUT2D eigenvalue weighted by Gasteiger charge is -2.09. The number of Topliss-reactive ketones (excluding diaryl/α,β-unsaturated/α-hetero) is 1. The number of benzene rings is 1. The zero-order valence-corrected chi connectivity index (χ0v) is 22.5. The van der Waals surface area contributed by atoms with Gasteiger partial charge in [0, 0.05) is 16.0 Å². The van der Waals surface area contributed by atoms with E-state index in [0.29, 0.717) is 6.54 Å². The van der Waals surface area contributed by atoms with E-state index in [4.69, 9.17) is 4.99 Å². The summed E-state index contributed by atoms with van der Waals surface area (Å²) >= 11 is 1.79. The molecule has 1 aromatic carbocycles. The molecule has 0 N–H and O–H groups in total. The molecule has 0 atom stereocenters. The van der Waals surface area contributed by atoms with E-state index in [1.165, 1.54) is 34.9 Å². The van der Waals surface area contributed by atoms with Crippen molar-refractivity contribution in [3.63, 3.8) is 0 Å². The molecule has 6 heteroatoms. The summed E-state index contributed by atoms with van der Waals surface area (Å²) in [7, 11) is 0. The molecule has 1 aliphatic rings. The summed E-state index contributed by atoms with van der Waals surface area (Å²) in [5, 5.41) is 9.71. The Labute approximate surface area is 198 Å². The normalized spacial score (nSPS) is 10.5. The van der Waals surface area contributed by atoms with Crippen molar-refractivity contribution in [3.8, 4) is 5.00 Å². The molecule has 0 bridgehead atoms. The predicted octanol–water partition coefficient (Wildman–Crippen LogP) is 7.28. The third-order valence-corrected chi connectivity index (χ3v) is 5.32. The standard InChI is InChI=1S/C17H16N4S.C3H6O.3C2H6/c1-10-11(2)22-17-15(10)16(13-7-5-4-6-8-13)18-9-14-20-19-12(3)21(14)17;1-3(2)4;3*1-2/h4-8H,9H2,1-3H3;1-2H3;3*1-2H3. The summed E-state index contributed by atoms with van der Waals surface area (Å²) in [6.07, 6.45) is 0. The first-order valence-corrected chi connectivity index (χ1v) is 12.3. The smallest absolute Gasteiger partial charge is 0.160 e. The minimum Gasteiger partial charge on any atom is -0.300 e. The summed E-state index contributed by atoms with van der Waals surface area (Å²) in [4.78, 5) is 15.6. The highest BCUT2D eigenvalue weighted by molar-refractivity contribution is 7.15. The molecule has 0 saturated carbocycles. The third kappa shape index (κ3) is 7.23. The van der Waals surface area contributed by atoms with Gasteiger partial charge in [-0.25, -0.2) is 0 Å². The van der Waals surface area contributed by atoms with Crippen LogP contribution in [0.25, 0.3) is 5.00 Å². The zero-order valence-electron chi connectivity index (χ0n) is 21.7. The van der Waals surface area contributed by atoms with E-state index >= 15 is 0 Å². The fourth-order valence-corrected chi connectivity index (χ4v) is 4.10. The molecule has 0 spiro atoms. The average Bonchev–Trinajstić information content (AvgIpc) is 3.26. The van der Waals surface area contributed by atoms with Crippen LogP contribution >= 0.6 is 11.3 Å². The molecule has 5 nitrogen and oxygen atoms in total. The zero-order chi connectivity index (χ0) is 24.8. The van der Waals surface area contributed by atoms with Crippen molar-refractivity contribution in [1.82, 2.24) is 14.8 Å². The molecule has 3 aromatic rings. The molecule has 0 fully saturated rings. The predicted molar refractivity (Wildman–Crippen MR) is 140 cm³/mol. The van der Waals surface area contributed by atoms with Crippen molar-refractivity contribution < 1.29 is 4.79 Å². The van der Waals surface area contributed by atoms with Gasteiger partial charge in [0.1, 0.15) is 23.2 Å². The van der Waals surface area contributed by atoms with E-state index in [2.05, 4.69) is 52.9 Å². The Morgan fingerprint density at radius 3 is 1.97 bits per heavy atom. The number of aromatic nitrogens is 3. The lowest BCUT2D eigenvalue weighted by Crippen LogP contribution is -2.06. The van der Waals surface area contributed by atoms with E-state index in [1.54, 1.807) is 11.3 Å². The van der Waals surface area contributed by atoms with Crippen LogP contribution in [0.15, 0.2) is 35.3 Å². The van der Waals surface area contributed by atoms with Gasteiger partial charge in [-0.3, -0.25) is 9.56 Å². The maximum atomic E-state index is 9.44. The Morgan fingerprint density at radius 2 is 1.44 bits per heavy atom. The fourth-order valence-electron chi connectivity index (χ4n) is 2.88. The van der Waals surface area contributed by atoms with Gasteiger partial charge < -0.3 is 4.79 Å². The lowest BCUT2D eigenvalue weighted by molar-refractivity contribution is -0.114. The quantitative estimate of drug-likeness (QED) is 0.386. The van der Waals surface area contributed by atoms with Crippen LogP contribution in [-0.2, 0) is 11.3 Å². The number of fused-ring (bicyclic) bond motifs is 3. The molecule has 1 aliphatic heterocycles. The van der Waals surface area contributed by atoms with Gasteiger partial charge in [-0.15, -0.1) is 21.5 Å². The highest BCUT2D eigenvalue weighted by Crippen LogP contribution is 2.36. The van der Waals surface area contributed by atoms with E-state index in [9.17, 15) is 4.79 Å². The second-order valence-corrected chi connectivity index (χ2v) is 7.60. The Balaban J connectivity index is 0.000000839. The highest BCUT2D eigenvalue weighted by atomic mass is 32.1. The molecule has 0 aliphatic carbocycles. The molecule has 0 amide bonds. The van der Waals surface area contributed by atoms with Crippen LogP contribution in [0, 0.1) is 20.8 Å². The van der Waals surface area contributed by atoms with Crippen LogP contribution < -0.4 is 0 Å². The van der Waals surface area contributed by atoms with E-state index in [-0.39, 0.29) is 5.78 Å². The Kier molecular flexibility index (Phi) is 14.0. The Hall–Kier alpha value is -2.60. The third-order valence-electron chi connectivity index (χ3n) is 4.12. The summed E-state index contributed by atoms with van der Waals surface area (Å²) < 4.78 is 2.15. The number of thiophene rings is 1. The van der Waals surface area contributed by atoms with Gasteiger partial charge in [0.2, 0.25) is 0 Å². The molecule has 32 heavy (non-hydrogen) atoms. The maximum Gasteiger partial charge on any atom is 0.160 e. The summed E-state index contributed by atoms with van der Waals surface area (Å²) in [6, 6.07) is 10.4. The highest BCUT2D eigenvalue weighted by Gasteiger charge is 2.26. The number of rotatable bonds is 1. The number of nitrogens with zero attached hydrogens (tertiary/aromatic N) is 4. The number of hydrogen-bond donors (Lipinski definition) is 0. The minimum absolute atomic E-state index is 0.167. The first-order chi connectivity index (χ1) is 15.4. The molecule has 2 aromatic heterocycles. The second kappa shape index (κ2) is 15.2. The molecule has 0 saturated heterocycles. The minimum atomic E-state index is 0.167. The van der Waals surface area contributed by atoms with E-state index in [1.807, 2.05) is 54.5 Å². The van der Waals surface area contributed by atoms with Gasteiger partial charge >= 0.3 is 0 Å². The lowest BCUT2D eigenvalue weighted by atomic mass is 10.00. The van der Waals surface area contributed by atoms with Crippen LogP contribution in [0.3, 0.4) is 0 Å². The largest absolute Gasteiger partial charge is 0.300 e. The molecular weight excluding hydrogens is 416 g/mol. The van der Waals surface area contributed by atoms with Crippen LogP contribution in [0.5, 0.6) is 0 Å². The molecular formula is C26H40N4OS. The summed E-state index contributed by atoms with van der Waals surface area (Å²) in [5.41, 5.74) is 4.72. The number of carbonyl (C=O) groups excluding carboxylic acids is 1. The van der Waals surface area contributed by atoms with E-state index < -0.39 is 0 Å². The average molecular weight is 457 g/mol. The first-order valence-electron chi connectivity index (χ1n) is 11.5. The molecule has 176 valence electrons. The maximum absolute atomic E-state index is 9.44. The molecule has 4 rings (SSSR count). The van der Waals surface area contributed by atoms with Crippen molar-refractivity contribution >= 4 is 22.8 Å². The topological polar surface area (TPSA) is 60.1 Å². The van der Waals surface area contributed by atoms with Crippen LogP contribution in [0.2, 0.25) is 0 Å². The van der Waals surface area contributed by atoms with Gasteiger partial charge in [0.15, 0.2) is 5.82 Å². The number of carbonyl (C=O) groups is 1. The van der Waals surface area contributed by atoms with Gasteiger partial charge in [0.25, 0.3) is 0 Å². The van der Waals surface area contributed by atoms with Crippen molar-refractivity contribution in [2.45, 2.75) is 82.7 Å².